The highest BCUT2D eigenvalue weighted by Gasteiger charge is 2.10. The number of rotatable bonds is 4. The molecule has 0 saturated carbocycles. The SMILES string of the molecule is CNC(C)C(=O)Cc1ccc(F)cc1. The minimum atomic E-state index is -0.275. The fourth-order valence-electron chi connectivity index (χ4n) is 1.12. The third-order valence-corrected chi connectivity index (χ3v) is 2.21. The molecule has 0 aliphatic carbocycles. The topological polar surface area (TPSA) is 29.1 Å². The lowest BCUT2D eigenvalue weighted by atomic mass is 10.1. The number of hydrogen-bond acceptors (Lipinski definition) is 2. The molecule has 3 heteroatoms. The third kappa shape index (κ3) is 2.92. The summed E-state index contributed by atoms with van der Waals surface area (Å²) >= 11 is 0. The Hall–Kier alpha value is -1.22. The second kappa shape index (κ2) is 4.86. The van der Waals surface area contributed by atoms with E-state index < -0.39 is 0 Å². The maximum absolute atomic E-state index is 12.6. The molecule has 1 unspecified atom stereocenters. The van der Waals surface area contributed by atoms with Gasteiger partial charge in [0, 0.05) is 6.42 Å². The van der Waals surface area contributed by atoms with Gasteiger partial charge in [-0.1, -0.05) is 12.1 Å². The van der Waals surface area contributed by atoms with Crippen molar-refractivity contribution in [1.82, 2.24) is 5.32 Å². The first-order valence-electron chi connectivity index (χ1n) is 4.58. The van der Waals surface area contributed by atoms with Gasteiger partial charge in [0.05, 0.1) is 6.04 Å². The predicted molar refractivity (Wildman–Crippen MR) is 53.6 cm³/mol. The summed E-state index contributed by atoms with van der Waals surface area (Å²) in [4.78, 5) is 11.5. The lowest BCUT2D eigenvalue weighted by molar-refractivity contribution is -0.119. The molecule has 1 aromatic carbocycles. The van der Waals surface area contributed by atoms with E-state index in [2.05, 4.69) is 5.32 Å². The summed E-state index contributed by atoms with van der Waals surface area (Å²) in [5.74, 6) is -0.165. The Morgan fingerprint density at radius 3 is 2.50 bits per heavy atom. The van der Waals surface area contributed by atoms with Crippen molar-refractivity contribution in [3.8, 4) is 0 Å². The van der Waals surface area contributed by atoms with Crippen molar-refractivity contribution in [2.24, 2.45) is 0 Å². The van der Waals surface area contributed by atoms with Crippen LogP contribution in [0.1, 0.15) is 12.5 Å². The van der Waals surface area contributed by atoms with Crippen molar-refractivity contribution in [3.05, 3.63) is 35.6 Å². The van der Waals surface area contributed by atoms with Gasteiger partial charge in [0.15, 0.2) is 5.78 Å². The van der Waals surface area contributed by atoms with Crippen molar-refractivity contribution >= 4 is 5.78 Å². The molecule has 1 atom stereocenters. The lowest BCUT2D eigenvalue weighted by Gasteiger charge is -2.08. The van der Waals surface area contributed by atoms with E-state index >= 15 is 0 Å². The molecule has 1 rings (SSSR count). The predicted octanol–water partition coefficient (Wildman–Crippen LogP) is 1.55. The highest BCUT2D eigenvalue weighted by atomic mass is 19.1. The normalized spacial score (nSPS) is 12.5. The van der Waals surface area contributed by atoms with Crippen LogP contribution in [0.5, 0.6) is 0 Å². The number of carbonyl (C=O) groups is 1. The molecule has 0 bridgehead atoms. The Kier molecular flexibility index (Phi) is 3.77. The summed E-state index contributed by atoms with van der Waals surface area (Å²) in [5.41, 5.74) is 0.846. The molecule has 0 aliphatic rings. The first kappa shape index (κ1) is 10.9. The Morgan fingerprint density at radius 1 is 1.43 bits per heavy atom. The standard InChI is InChI=1S/C11H14FNO/c1-8(13-2)11(14)7-9-3-5-10(12)6-4-9/h3-6,8,13H,7H2,1-2H3. The molecule has 0 spiro atoms. The largest absolute Gasteiger partial charge is 0.311 e. The van der Waals surface area contributed by atoms with Gasteiger partial charge >= 0.3 is 0 Å². The van der Waals surface area contributed by atoms with Gasteiger partial charge in [0.2, 0.25) is 0 Å². The second-order valence-corrected chi connectivity index (χ2v) is 3.28. The van der Waals surface area contributed by atoms with Gasteiger partial charge in [-0.2, -0.15) is 0 Å². The highest BCUT2D eigenvalue weighted by Crippen LogP contribution is 2.04. The van der Waals surface area contributed by atoms with Crippen LogP contribution in [0.15, 0.2) is 24.3 Å². The monoisotopic (exact) mass is 195 g/mol. The summed E-state index contributed by atoms with van der Waals surface area (Å²) in [6, 6.07) is 5.85. The van der Waals surface area contributed by atoms with E-state index in [1.54, 1.807) is 19.2 Å². The van der Waals surface area contributed by atoms with Gasteiger partial charge < -0.3 is 5.32 Å². The number of halogens is 1. The van der Waals surface area contributed by atoms with Gasteiger partial charge in [0.1, 0.15) is 5.82 Å². The quantitative estimate of drug-likeness (QED) is 0.789. The van der Waals surface area contributed by atoms with Gasteiger partial charge in [-0.15, -0.1) is 0 Å². The van der Waals surface area contributed by atoms with Crippen molar-refractivity contribution in [1.29, 1.82) is 0 Å². The van der Waals surface area contributed by atoms with E-state index in [9.17, 15) is 9.18 Å². The van der Waals surface area contributed by atoms with Crippen LogP contribution in [0.4, 0.5) is 4.39 Å². The van der Waals surface area contributed by atoms with Crippen LogP contribution in [0.2, 0.25) is 0 Å². The van der Waals surface area contributed by atoms with Gasteiger partial charge in [-0.05, 0) is 31.7 Å². The average Bonchev–Trinajstić information content (AvgIpc) is 2.20. The molecule has 76 valence electrons. The van der Waals surface area contributed by atoms with E-state index in [1.165, 1.54) is 12.1 Å². The van der Waals surface area contributed by atoms with Gasteiger partial charge in [-0.3, -0.25) is 4.79 Å². The number of likely N-dealkylation sites (N-methyl/N-ethyl adjacent to an activating group) is 1. The zero-order valence-electron chi connectivity index (χ0n) is 8.38. The summed E-state index contributed by atoms with van der Waals surface area (Å²) in [7, 11) is 1.74. The minimum absolute atomic E-state index is 0.110. The molecule has 0 heterocycles. The van der Waals surface area contributed by atoms with Crippen molar-refractivity contribution in [2.75, 3.05) is 7.05 Å². The van der Waals surface area contributed by atoms with E-state index in [-0.39, 0.29) is 17.6 Å². The molecule has 1 N–H and O–H groups in total. The highest BCUT2D eigenvalue weighted by molar-refractivity contribution is 5.85. The molecule has 2 nitrogen and oxygen atoms in total. The number of Topliss-reactive ketones (excluding diaryl/α,β-unsaturated/α-hetero) is 1. The Bertz CT molecular complexity index is 308. The molecule has 0 aliphatic heterocycles. The number of nitrogens with one attached hydrogen (secondary N) is 1. The second-order valence-electron chi connectivity index (χ2n) is 3.28. The Morgan fingerprint density at radius 2 is 2.00 bits per heavy atom. The van der Waals surface area contributed by atoms with Crippen LogP contribution >= 0.6 is 0 Å². The molecule has 0 radical (unpaired) electrons. The summed E-state index contributed by atoms with van der Waals surface area (Å²) in [5, 5.41) is 2.87. The van der Waals surface area contributed by atoms with Crippen molar-refractivity contribution in [3.63, 3.8) is 0 Å². The van der Waals surface area contributed by atoms with Crippen LogP contribution < -0.4 is 5.32 Å². The van der Waals surface area contributed by atoms with Crippen LogP contribution in [-0.2, 0) is 11.2 Å². The lowest BCUT2D eigenvalue weighted by Crippen LogP contribution is -2.31. The van der Waals surface area contributed by atoms with Crippen molar-refractivity contribution in [2.45, 2.75) is 19.4 Å². The van der Waals surface area contributed by atoms with Crippen LogP contribution in [0.25, 0.3) is 0 Å². The summed E-state index contributed by atoms with van der Waals surface area (Å²) < 4.78 is 12.6. The van der Waals surface area contributed by atoms with Crippen LogP contribution in [-0.4, -0.2) is 18.9 Å². The molecule has 0 fully saturated rings. The molecular weight excluding hydrogens is 181 g/mol. The third-order valence-electron chi connectivity index (χ3n) is 2.21. The minimum Gasteiger partial charge on any atom is -0.311 e. The van der Waals surface area contributed by atoms with Crippen molar-refractivity contribution < 1.29 is 9.18 Å². The molecule has 0 amide bonds. The van der Waals surface area contributed by atoms with Gasteiger partial charge in [0.25, 0.3) is 0 Å². The number of benzene rings is 1. The van der Waals surface area contributed by atoms with Crippen LogP contribution in [0.3, 0.4) is 0 Å². The van der Waals surface area contributed by atoms with E-state index in [0.29, 0.717) is 6.42 Å². The van der Waals surface area contributed by atoms with Gasteiger partial charge in [-0.25, -0.2) is 4.39 Å². The zero-order valence-corrected chi connectivity index (χ0v) is 8.38. The molecule has 0 aromatic heterocycles. The maximum atomic E-state index is 12.6. The molecular formula is C11H14FNO. The summed E-state index contributed by atoms with van der Waals surface area (Å²) in [6.45, 7) is 1.81. The average molecular weight is 195 g/mol. The Labute approximate surface area is 83.1 Å². The molecule has 14 heavy (non-hydrogen) atoms. The van der Waals surface area contributed by atoms with E-state index in [4.69, 9.17) is 0 Å². The zero-order chi connectivity index (χ0) is 10.6. The fourth-order valence-corrected chi connectivity index (χ4v) is 1.12. The van der Waals surface area contributed by atoms with E-state index in [0.717, 1.165) is 5.56 Å². The summed E-state index contributed by atoms with van der Waals surface area (Å²) in [6.07, 6.45) is 0.349. The fraction of sp³-hybridized carbons (Fsp3) is 0.364. The molecule has 1 aromatic rings. The smallest absolute Gasteiger partial charge is 0.153 e. The first-order chi connectivity index (χ1) is 6.63. The molecule has 0 saturated heterocycles. The van der Waals surface area contributed by atoms with E-state index in [1.807, 2.05) is 6.92 Å². The first-order valence-corrected chi connectivity index (χ1v) is 4.58. The Balaban J connectivity index is 2.60. The number of ketones is 1. The van der Waals surface area contributed by atoms with Crippen LogP contribution in [0, 0.1) is 5.82 Å². The number of hydrogen-bond donors (Lipinski definition) is 1. The maximum Gasteiger partial charge on any atom is 0.153 e. The number of carbonyl (C=O) groups excluding carboxylic acids is 1.